The minimum Gasteiger partial charge on any atom is -0.371 e. The van der Waals surface area contributed by atoms with Gasteiger partial charge in [-0.15, -0.1) is 0 Å². The molecule has 0 bridgehead atoms. The zero-order valence-corrected chi connectivity index (χ0v) is 10.2. The van der Waals surface area contributed by atoms with Gasteiger partial charge >= 0.3 is 0 Å². The molecule has 3 heteroatoms. The Morgan fingerprint density at radius 2 is 1.88 bits per heavy atom. The molecule has 1 fully saturated rings. The summed E-state index contributed by atoms with van der Waals surface area (Å²) in [5.74, 6) is 0.614. The van der Waals surface area contributed by atoms with Crippen LogP contribution >= 0.6 is 0 Å². The number of amides is 1. The summed E-state index contributed by atoms with van der Waals surface area (Å²) in [5.41, 5.74) is 2.25. The Hall–Kier alpha value is -1.51. The highest BCUT2D eigenvalue weighted by Crippen LogP contribution is 2.36. The summed E-state index contributed by atoms with van der Waals surface area (Å²) in [4.78, 5) is 16.6. The highest BCUT2D eigenvalue weighted by molar-refractivity contribution is 5.99. The maximum absolute atomic E-state index is 12.4. The second kappa shape index (κ2) is 4.06. The number of para-hydroxylation sites is 2. The van der Waals surface area contributed by atoms with Gasteiger partial charge in [-0.25, -0.2) is 0 Å². The number of nitrogens with zero attached hydrogens (tertiary/aromatic N) is 2. The molecule has 1 aromatic rings. The Bertz CT molecular complexity index is 440. The number of hydrogen-bond acceptors (Lipinski definition) is 2. The first-order chi connectivity index (χ1) is 8.27. The third kappa shape index (κ3) is 1.70. The molecule has 3 rings (SSSR count). The van der Waals surface area contributed by atoms with Crippen LogP contribution in [0.3, 0.4) is 0 Å². The molecular formula is C14H18N2O. The van der Waals surface area contributed by atoms with Crippen molar-refractivity contribution in [3.8, 4) is 0 Å². The van der Waals surface area contributed by atoms with Gasteiger partial charge in [0.2, 0.25) is 5.91 Å². The minimum atomic E-state index is 0.284. The van der Waals surface area contributed by atoms with Crippen LogP contribution in [0.4, 0.5) is 11.4 Å². The zero-order valence-electron chi connectivity index (χ0n) is 10.2. The van der Waals surface area contributed by atoms with Crippen LogP contribution < -0.4 is 9.80 Å². The van der Waals surface area contributed by atoms with E-state index < -0.39 is 0 Å². The molecule has 3 nitrogen and oxygen atoms in total. The molecule has 0 unspecified atom stereocenters. The molecule has 0 aromatic heterocycles. The normalized spacial score (nSPS) is 19.8. The van der Waals surface area contributed by atoms with Crippen LogP contribution in [0.25, 0.3) is 0 Å². The minimum absolute atomic E-state index is 0.284. The van der Waals surface area contributed by atoms with Gasteiger partial charge in [-0.05, 0) is 25.0 Å². The third-order valence-electron chi connectivity index (χ3n) is 3.96. The van der Waals surface area contributed by atoms with Gasteiger partial charge in [0, 0.05) is 26.1 Å². The first kappa shape index (κ1) is 10.6. The van der Waals surface area contributed by atoms with E-state index in [0.29, 0.717) is 5.91 Å². The van der Waals surface area contributed by atoms with Gasteiger partial charge in [-0.2, -0.15) is 0 Å². The first-order valence-corrected chi connectivity index (χ1v) is 6.39. The average molecular weight is 230 g/mol. The second-order valence-corrected chi connectivity index (χ2v) is 5.03. The molecule has 0 N–H and O–H groups in total. The fourth-order valence-corrected chi connectivity index (χ4v) is 2.61. The Morgan fingerprint density at radius 3 is 2.53 bits per heavy atom. The Balaban J connectivity index is 1.92. The van der Waals surface area contributed by atoms with Crippen molar-refractivity contribution in [3.05, 3.63) is 24.3 Å². The second-order valence-electron chi connectivity index (χ2n) is 5.03. The molecule has 1 aliphatic heterocycles. The largest absolute Gasteiger partial charge is 0.371 e. The lowest BCUT2D eigenvalue weighted by Gasteiger charge is -2.38. The summed E-state index contributed by atoms with van der Waals surface area (Å²) < 4.78 is 0. The van der Waals surface area contributed by atoms with E-state index in [-0.39, 0.29) is 5.92 Å². The van der Waals surface area contributed by atoms with Crippen LogP contribution in [0.2, 0.25) is 0 Å². The summed E-state index contributed by atoms with van der Waals surface area (Å²) in [6.45, 7) is 1.75. The molecule has 1 saturated carbocycles. The lowest BCUT2D eigenvalue weighted by Crippen LogP contribution is -2.46. The topological polar surface area (TPSA) is 23.6 Å². The summed E-state index contributed by atoms with van der Waals surface area (Å²) in [7, 11) is 2.09. The van der Waals surface area contributed by atoms with E-state index in [2.05, 4.69) is 24.1 Å². The summed E-state index contributed by atoms with van der Waals surface area (Å²) >= 11 is 0. The van der Waals surface area contributed by atoms with E-state index in [9.17, 15) is 4.79 Å². The monoisotopic (exact) mass is 230 g/mol. The predicted molar refractivity (Wildman–Crippen MR) is 69.4 cm³/mol. The van der Waals surface area contributed by atoms with Gasteiger partial charge < -0.3 is 9.80 Å². The molecule has 0 spiro atoms. The van der Waals surface area contributed by atoms with Crippen LogP contribution in [0.1, 0.15) is 19.3 Å². The third-order valence-corrected chi connectivity index (χ3v) is 3.96. The van der Waals surface area contributed by atoms with E-state index >= 15 is 0 Å². The van der Waals surface area contributed by atoms with Crippen LogP contribution in [-0.2, 0) is 4.79 Å². The molecule has 1 amide bonds. The van der Waals surface area contributed by atoms with Crippen molar-refractivity contribution in [2.45, 2.75) is 19.3 Å². The van der Waals surface area contributed by atoms with E-state index in [1.165, 1.54) is 12.1 Å². The zero-order chi connectivity index (χ0) is 11.8. The van der Waals surface area contributed by atoms with Crippen molar-refractivity contribution in [3.63, 3.8) is 0 Å². The average Bonchev–Trinajstić information content (AvgIpc) is 2.27. The Labute approximate surface area is 102 Å². The van der Waals surface area contributed by atoms with E-state index in [4.69, 9.17) is 0 Å². The van der Waals surface area contributed by atoms with Gasteiger partial charge in [0.15, 0.2) is 0 Å². The Morgan fingerprint density at radius 1 is 1.18 bits per heavy atom. The van der Waals surface area contributed by atoms with E-state index in [1.807, 2.05) is 17.0 Å². The Kier molecular flexibility index (Phi) is 2.54. The molecule has 0 saturated heterocycles. The summed E-state index contributed by atoms with van der Waals surface area (Å²) in [5, 5.41) is 0. The molecule has 0 atom stereocenters. The first-order valence-electron chi connectivity index (χ1n) is 6.39. The van der Waals surface area contributed by atoms with Crippen molar-refractivity contribution < 1.29 is 4.79 Å². The number of anilines is 2. The van der Waals surface area contributed by atoms with Crippen LogP contribution in [0, 0.1) is 5.92 Å². The number of carbonyl (C=O) groups excluding carboxylic acids is 1. The lowest BCUT2D eigenvalue weighted by molar-refractivity contribution is -0.124. The lowest BCUT2D eigenvalue weighted by atomic mass is 9.84. The fourth-order valence-electron chi connectivity index (χ4n) is 2.61. The van der Waals surface area contributed by atoms with E-state index in [0.717, 1.165) is 31.6 Å². The van der Waals surface area contributed by atoms with Crippen molar-refractivity contribution in [2.24, 2.45) is 5.92 Å². The highest BCUT2D eigenvalue weighted by atomic mass is 16.2. The number of rotatable bonds is 1. The van der Waals surface area contributed by atoms with Crippen molar-refractivity contribution in [1.82, 2.24) is 0 Å². The maximum atomic E-state index is 12.4. The molecule has 17 heavy (non-hydrogen) atoms. The standard InChI is InChI=1S/C14H18N2O/c1-15-9-10-16(14(17)11-5-4-6-11)13-8-3-2-7-12(13)15/h2-3,7-8,11H,4-6,9-10H2,1H3. The molecule has 2 aliphatic rings. The van der Waals surface area contributed by atoms with Gasteiger partial charge in [0.1, 0.15) is 0 Å². The van der Waals surface area contributed by atoms with Crippen molar-refractivity contribution in [2.75, 3.05) is 29.9 Å². The van der Waals surface area contributed by atoms with Crippen molar-refractivity contribution >= 4 is 17.3 Å². The van der Waals surface area contributed by atoms with Crippen LogP contribution in [0.5, 0.6) is 0 Å². The molecular weight excluding hydrogens is 212 g/mol. The molecule has 90 valence electrons. The predicted octanol–water partition coefficient (Wildman–Crippen LogP) is 2.27. The number of likely N-dealkylation sites (N-methyl/N-ethyl adjacent to an activating group) is 1. The molecule has 0 radical (unpaired) electrons. The van der Waals surface area contributed by atoms with Gasteiger partial charge in [-0.1, -0.05) is 18.6 Å². The van der Waals surface area contributed by atoms with Gasteiger partial charge in [0.25, 0.3) is 0 Å². The maximum Gasteiger partial charge on any atom is 0.230 e. The molecule has 1 aliphatic carbocycles. The van der Waals surface area contributed by atoms with Gasteiger partial charge in [0.05, 0.1) is 11.4 Å². The fraction of sp³-hybridized carbons (Fsp3) is 0.500. The van der Waals surface area contributed by atoms with Crippen LogP contribution in [-0.4, -0.2) is 26.0 Å². The number of benzene rings is 1. The van der Waals surface area contributed by atoms with Gasteiger partial charge in [-0.3, -0.25) is 4.79 Å². The highest BCUT2D eigenvalue weighted by Gasteiger charge is 2.32. The number of hydrogen-bond donors (Lipinski definition) is 0. The number of carbonyl (C=O) groups is 1. The molecule has 1 aromatic carbocycles. The summed E-state index contributed by atoms with van der Waals surface area (Å²) in [6, 6.07) is 8.20. The number of fused-ring (bicyclic) bond motifs is 1. The van der Waals surface area contributed by atoms with E-state index in [1.54, 1.807) is 0 Å². The van der Waals surface area contributed by atoms with Crippen molar-refractivity contribution in [1.29, 1.82) is 0 Å². The van der Waals surface area contributed by atoms with Crippen LogP contribution in [0.15, 0.2) is 24.3 Å². The molecule has 1 heterocycles. The SMILES string of the molecule is CN1CCN(C(=O)C2CCC2)c2ccccc21. The quantitative estimate of drug-likeness (QED) is 0.739. The summed E-state index contributed by atoms with van der Waals surface area (Å²) in [6.07, 6.45) is 3.37. The smallest absolute Gasteiger partial charge is 0.230 e.